The normalized spacial score (nSPS) is 37.3. The molecule has 0 saturated heterocycles. The first-order valence-corrected chi connectivity index (χ1v) is 8.37. The van der Waals surface area contributed by atoms with E-state index in [0.717, 1.165) is 19.3 Å². The lowest BCUT2D eigenvalue weighted by Gasteiger charge is -2.36. The summed E-state index contributed by atoms with van der Waals surface area (Å²) in [5.41, 5.74) is 0.952. The van der Waals surface area contributed by atoms with Crippen LogP contribution in [0.25, 0.3) is 0 Å². The van der Waals surface area contributed by atoms with Crippen molar-refractivity contribution in [2.24, 2.45) is 23.2 Å². The van der Waals surface area contributed by atoms with Gasteiger partial charge in [-0.3, -0.25) is 4.79 Å². The van der Waals surface area contributed by atoms with Gasteiger partial charge in [0.15, 0.2) is 0 Å². The molecule has 0 aromatic heterocycles. The van der Waals surface area contributed by atoms with Crippen LogP contribution in [-0.4, -0.2) is 11.9 Å². The van der Waals surface area contributed by atoms with Crippen LogP contribution in [0.2, 0.25) is 0 Å². The molecule has 2 heteroatoms. The Balaban J connectivity index is 1.73. The standard InChI is InChI=1S/C20H26O2/c1-4-10-20(3)17-12-16(19(20)21)18(11-14(17)2)22-13-15-8-6-5-7-9-15/h4-9,14,16-18H,1,10-13H2,2-3H3/t14-,16+,17-,18-,20-/m0/s1. The summed E-state index contributed by atoms with van der Waals surface area (Å²) in [5, 5.41) is 0. The molecule has 2 saturated carbocycles. The molecule has 3 rings (SSSR count). The van der Waals surface area contributed by atoms with Crippen molar-refractivity contribution in [2.45, 2.75) is 45.8 Å². The fraction of sp³-hybridized carbons (Fsp3) is 0.550. The summed E-state index contributed by atoms with van der Waals surface area (Å²) in [6, 6.07) is 10.2. The van der Waals surface area contributed by atoms with Gasteiger partial charge in [0.1, 0.15) is 5.78 Å². The lowest BCUT2D eigenvalue weighted by molar-refractivity contribution is -0.132. The lowest BCUT2D eigenvalue weighted by Crippen LogP contribution is -2.32. The topological polar surface area (TPSA) is 26.3 Å². The van der Waals surface area contributed by atoms with Crippen molar-refractivity contribution in [3.63, 3.8) is 0 Å². The average Bonchev–Trinajstić information content (AvgIpc) is 2.74. The second-order valence-corrected chi connectivity index (χ2v) is 7.27. The molecule has 1 aromatic carbocycles. The predicted molar refractivity (Wildman–Crippen MR) is 88.3 cm³/mol. The smallest absolute Gasteiger partial charge is 0.145 e. The number of allylic oxidation sites excluding steroid dienone is 1. The molecule has 2 aliphatic rings. The molecule has 0 spiro atoms. The molecule has 118 valence electrons. The van der Waals surface area contributed by atoms with Crippen LogP contribution in [0.4, 0.5) is 0 Å². The van der Waals surface area contributed by atoms with Crippen LogP contribution < -0.4 is 0 Å². The molecule has 2 nitrogen and oxygen atoms in total. The zero-order chi connectivity index (χ0) is 15.7. The highest BCUT2D eigenvalue weighted by Gasteiger charge is 2.57. The second-order valence-electron chi connectivity index (χ2n) is 7.27. The quantitative estimate of drug-likeness (QED) is 0.753. The molecule has 2 aliphatic carbocycles. The zero-order valence-corrected chi connectivity index (χ0v) is 13.6. The zero-order valence-electron chi connectivity index (χ0n) is 13.6. The van der Waals surface area contributed by atoms with Crippen molar-refractivity contribution in [3.8, 4) is 0 Å². The van der Waals surface area contributed by atoms with Crippen LogP contribution in [0.15, 0.2) is 43.0 Å². The molecular formula is C20H26O2. The molecule has 2 bridgehead atoms. The molecule has 0 N–H and O–H groups in total. The van der Waals surface area contributed by atoms with Crippen LogP contribution >= 0.6 is 0 Å². The molecule has 0 amide bonds. The number of rotatable bonds is 5. The van der Waals surface area contributed by atoms with Crippen molar-refractivity contribution in [3.05, 3.63) is 48.6 Å². The van der Waals surface area contributed by atoms with Crippen LogP contribution in [0.3, 0.4) is 0 Å². The molecule has 5 atom stereocenters. The Morgan fingerprint density at radius 1 is 1.32 bits per heavy atom. The van der Waals surface area contributed by atoms with Crippen molar-refractivity contribution < 1.29 is 9.53 Å². The first-order chi connectivity index (χ1) is 10.6. The lowest BCUT2D eigenvalue weighted by atomic mass is 9.70. The van der Waals surface area contributed by atoms with Gasteiger partial charge in [0.2, 0.25) is 0 Å². The van der Waals surface area contributed by atoms with E-state index in [0.29, 0.717) is 24.2 Å². The highest BCUT2D eigenvalue weighted by molar-refractivity contribution is 5.90. The van der Waals surface area contributed by atoms with Gasteiger partial charge >= 0.3 is 0 Å². The van der Waals surface area contributed by atoms with E-state index in [-0.39, 0.29) is 17.4 Å². The highest BCUT2D eigenvalue weighted by Crippen LogP contribution is 2.55. The molecule has 0 heterocycles. The minimum Gasteiger partial charge on any atom is -0.373 e. The summed E-state index contributed by atoms with van der Waals surface area (Å²) < 4.78 is 6.16. The van der Waals surface area contributed by atoms with Gasteiger partial charge in [-0.2, -0.15) is 0 Å². The van der Waals surface area contributed by atoms with E-state index in [9.17, 15) is 4.79 Å². The maximum Gasteiger partial charge on any atom is 0.145 e. The minimum absolute atomic E-state index is 0.0746. The van der Waals surface area contributed by atoms with Crippen LogP contribution in [0.1, 0.15) is 38.7 Å². The Bertz CT molecular complexity index is 550. The molecule has 0 unspecified atom stereocenters. The van der Waals surface area contributed by atoms with Gasteiger partial charge in [-0.1, -0.05) is 50.3 Å². The number of carbonyl (C=O) groups is 1. The van der Waals surface area contributed by atoms with E-state index in [1.807, 2.05) is 24.3 Å². The van der Waals surface area contributed by atoms with Crippen LogP contribution in [0, 0.1) is 23.2 Å². The van der Waals surface area contributed by atoms with Gasteiger partial charge in [-0.05, 0) is 36.7 Å². The Morgan fingerprint density at radius 3 is 2.73 bits per heavy atom. The summed E-state index contributed by atoms with van der Waals surface area (Å²) in [4.78, 5) is 12.9. The third kappa shape index (κ3) is 2.54. The van der Waals surface area contributed by atoms with Crippen molar-refractivity contribution in [1.82, 2.24) is 0 Å². The summed E-state index contributed by atoms with van der Waals surface area (Å²) >= 11 is 0. The van der Waals surface area contributed by atoms with E-state index >= 15 is 0 Å². The second kappa shape index (κ2) is 6.00. The van der Waals surface area contributed by atoms with Gasteiger partial charge in [0.25, 0.3) is 0 Å². The van der Waals surface area contributed by atoms with E-state index in [4.69, 9.17) is 4.74 Å². The molecule has 0 aliphatic heterocycles. The summed E-state index contributed by atoms with van der Waals surface area (Å²) in [6.45, 7) is 8.87. The SMILES string of the molecule is C=CC[C@]1(C)C(=O)[C@@H]2C[C@H]1[C@@H](C)C[C@@H]2OCc1ccccc1. The van der Waals surface area contributed by atoms with E-state index in [1.54, 1.807) is 0 Å². The number of carbonyl (C=O) groups excluding carboxylic acids is 1. The molecule has 1 aromatic rings. The van der Waals surface area contributed by atoms with Crippen molar-refractivity contribution in [1.29, 1.82) is 0 Å². The van der Waals surface area contributed by atoms with Gasteiger partial charge in [0.05, 0.1) is 12.7 Å². The Kier molecular flexibility index (Phi) is 4.22. The number of hydrogen-bond acceptors (Lipinski definition) is 2. The van der Waals surface area contributed by atoms with Gasteiger partial charge in [-0.25, -0.2) is 0 Å². The predicted octanol–water partition coefficient (Wildman–Crippen LogP) is 4.40. The maximum atomic E-state index is 12.9. The Hall–Kier alpha value is -1.41. The fourth-order valence-electron chi connectivity index (χ4n) is 4.64. The molecular weight excluding hydrogens is 272 g/mol. The van der Waals surface area contributed by atoms with E-state index < -0.39 is 0 Å². The average molecular weight is 298 g/mol. The van der Waals surface area contributed by atoms with Crippen LogP contribution in [0.5, 0.6) is 0 Å². The maximum absolute atomic E-state index is 12.9. The van der Waals surface area contributed by atoms with Gasteiger partial charge < -0.3 is 4.74 Å². The van der Waals surface area contributed by atoms with Gasteiger partial charge in [-0.15, -0.1) is 6.58 Å². The molecule has 22 heavy (non-hydrogen) atoms. The third-order valence-electron chi connectivity index (χ3n) is 5.84. The number of ketones is 1. The van der Waals surface area contributed by atoms with Crippen LogP contribution in [-0.2, 0) is 16.1 Å². The minimum atomic E-state index is -0.226. The summed E-state index contributed by atoms with van der Waals surface area (Å²) in [7, 11) is 0. The largest absolute Gasteiger partial charge is 0.373 e. The van der Waals surface area contributed by atoms with Crippen molar-refractivity contribution in [2.75, 3.05) is 0 Å². The van der Waals surface area contributed by atoms with E-state index in [2.05, 4.69) is 32.6 Å². The number of hydrogen-bond donors (Lipinski definition) is 0. The first kappa shape index (κ1) is 15.5. The van der Waals surface area contributed by atoms with E-state index in [1.165, 1.54) is 5.56 Å². The Morgan fingerprint density at radius 2 is 2.05 bits per heavy atom. The summed E-state index contributed by atoms with van der Waals surface area (Å²) in [6.07, 6.45) is 4.77. The fourth-order valence-corrected chi connectivity index (χ4v) is 4.64. The number of benzene rings is 1. The Labute approximate surface area is 133 Å². The number of fused-ring (bicyclic) bond motifs is 2. The number of ether oxygens (including phenoxy) is 1. The molecule has 2 fully saturated rings. The number of Topliss-reactive ketones (excluding diaryl/α,β-unsaturated/α-hetero) is 1. The first-order valence-electron chi connectivity index (χ1n) is 8.37. The third-order valence-corrected chi connectivity index (χ3v) is 5.84. The van der Waals surface area contributed by atoms with Crippen molar-refractivity contribution >= 4 is 5.78 Å². The summed E-state index contributed by atoms with van der Waals surface area (Å²) in [5.74, 6) is 1.50. The highest BCUT2D eigenvalue weighted by atomic mass is 16.5. The monoisotopic (exact) mass is 298 g/mol. The molecule has 0 radical (unpaired) electrons. The van der Waals surface area contributed by atoms with Gasteiger partial charge in [0, 0.05) is 11.3 Å².